The Morgan fingerprint density at radius 3 is 3.00 bits per heavy atom. The predicted molar refractivity (Wildman–Crippen MR) is 58.5 cm³/mol. The van der Waals surface area contributed by atoms with Crippen LogP contribution in [0.15, 0.2) is 12.4 Å². The van der Waals surface area contributed by atoms with Gasteiger partial charge >= 0.3 is 0 Å². The molecule has 1 aromatic heterocycles. The van der Waals surface area contributed by atoms with E-state index in [1.807, 2.05) is 24.7 Å². The van der Waals surface area contributed by atoms with Gasteiger partial charge in [-0.15, -0.1) is 0 Å². The summed E-state index contributed by atoms with van der Waals surface area (Å²) in [6.07, 6.45) is 3.76. The van der Waals surface area contributed by atoms with E-state index in [0.717, 1.165) is 12.1 Å². The first-order valence-corrected chi connectivity index (χ1v) is 5.19. The van der Waals surface area contributed by atoms with Gasteiger partial charge in [-0.3, -0.25) is 9.48 Å². The van der Waals surface area contributed by atoms with Gasteiger partial charge in [-0.05, 0) is 19.0 Å². The summed E-state index contributed by atoms with van der Waals surface area (Å²) in [6, 6.07) is 0. The zero-order chi connectivity index (χ0) is 11.1. The molecule has 0 spiro atoms. The van der Waals surface area contributed by atoms with Gasteiger partial charge in [0.05, 0.1) is 19.3 Å². The summed E-state index contributed by atoms with van der Waals surface area (Å²) in [7, 11) is 0. The van der Waals surface area contributed by atoms with Crippen molar-refractivity contribution in [3.05, 3.63) is 18.0 Å². The summed E-state index contributed by atoms with van der Waals surface area (Å²) in [6.45, 7) is 6.49. The van der Waals surface area contributed by atoms with Gasteiger partial charge in [-0.2, -0.15) is 5.10 Å². The van der Waals surface area contributed by atoms with Crippen LogP contribution in [0.1, 0.15) is 12.5 Å². The van der Waals surface area contributed by atoms with Crippen molar-refractivity contribution in [3.8, 4) is 0 Å². The molecule has 1 heterocycles. The van der Waals surface area contributed by atoms with Crippen molar-refractivity contribution in [2.75, 3.05) is 19.6 Å². The molecule has 84 valence electrons. The summed E-state index contributed by atoms with van der Waals surface area (Å²) in [5, 5.41) is 9.90. The Labute approximate surface area is 89.9 Å². The number of aromatic nitrogens is 2. The molecule has 1 rings (SSSR count). The summed E-state index contributed by atoms with van der Waals surface area (Å²) in [4.78, 5) is 11.2. The van der Waals surface area contributed by atoms with E-state index >= 15 is 0 Å². The highest BCUT2D eigenvalue weighted by atomic mass is 16.1. The third-order valence-corrected chi connectivity index (χ3v) is 1.96. The normalized spacial score (nSPS) is 10.3. The van der Waals surface area contributed by atoms with Crippen LogP contribution >= 0.6 is 0 Å². The number of hydrogen-bond donors (Lipinski definition) is 2. The monoisotopic (exact) mass is 210 g/mol. The molecule has 5 nitrogen and oxygen atoms in total. The van der Waals surface area contributed by atoms with E-state index in [9.17, 15) is 4.79 Å². The fourth-order valence-corrected chi connectivity index (χ4v) is 1.20. The number of carbonyl (C=O) groups is 1. The van der Waals surface area contributed by atoms with Crippen molar-refractivity contribution < 1.29 is 4.79 Å². The maximum absolute atomic E-state index is 11.2. The van der Waals surface area contributed by atoms with Crippen LogP contribution in [0.25, 0.3) is 0 Å². The van der Waals surface area contributed by atoms with Crippen molar-refractivity contribution >= 4 is 5.91 Å². The molecular formula is C10H18N4O. The van der Waals surface area contributed by atoms with Gasteiger partial charge in [0.15, 0.2) is 0 Å². The highest BCUT2D eigenvalue weighted by Crippen LogP contribution is 1.92. The Morgan fingerprint density at radius 2 is 2.40 bits per heavy atom. The minimum absolute atomic E-state index is 0.0285. The van der Waals surface area contributed by atoms with Gasteiger partial charge < -0.3 is 10.6 Å². The van der Waals surface area contributed by atoms with Gasteiger partial charge in [0, 0.05) is 12.7 Å². The average Bonchev–Trinajstić information content (AvgIpc) is 2.61. The van der Waals surface area contributed by atoms with Crippen molar-refractivity contribution in [1.82, 2.24) is 20.4 Å². The highest BCUT2D eigenvalue weighted by Gasteiger charge is 1.99. The fourth-order valence-electron chi connectivity index (χ4n) is 1.20. The van der Waals surface area contributed by atoms with E-state index in [1.165, 1.54) is 0 Å². The molecule has 0 bridgehead atoms. The molecule has 0 radical (unpaired) electrons. The molecule has 0 saturated carbocycles. The third-order valence-electron chi connectivity index (χ3n) is 1.96. The Bertz CT molecular complexity index is 308. The van der Waals surface area contributed by atoms with Crippen LogP contribution in [-0.4, -0.2) is 35.3 Å². The lowest BCUT2D eigenvalue weighted by Gasteiger charge is -2.05. The molecule has 0 aromatic carbocycles. The second kappa shape index (κ2) is 6.19. The zero-order valence-electron chi connectivity index (χ0n) is 9.29. The van der Waals surface area contributed by atoms with Crippen LogP contribution in [0.4, 0.5) is 0 Å². The first-order valence-electron chi connectivity index (χ1n) is 5.19. The summed E-state index contributed by atoms with van der Waals surface area (Å²) in [5.74, 6) is 0.0285. The zero-order valence-corrected chi connectivity index (χ0v) is 9.29. The molecule has 1 aromatic rings. The van der Waals surface area contributed by atoms with Crippen molar-refractivity contribution in [1.29, 1.82) is 0 Å². The van der Waals surface area contributed by atoms with Crippen molar-refractivity contribution in [3.63, 3.8) is 0 Å². The maximum Gasteiger partial charge on any atom is 0.234 e. The molecular weight excluding hydrogens is 192 g/mol. The van der Waals surface area contributed by atoms with E-state index < -0.39 is 0 Å². The lowest BCUT2D eigenvalue weighted by atomic mass is 10.4. The first kappa shape index (κ1) is 11.7. The molecule has 5 heteroatoms. The Hall–Kier alpha value is -1.36. The van der Waals surface area contributed by atoms with Gasteiger partial charge in [0.25, 0.3) is 0 Å². The lowest BCUT2D eigenvalue weighted by molar-refractivity contribution is -0.120. The number of amides is 1. The second-order valence-electron chi connectivity index (χ2n) is 3.41. The largest absolute Gasteiger partial charge is 0.353 e. The average molecular weight is 210 g/mol. The number of nitrogens with one attached hydrogen (secondary N) is 2. The Kier molecular flexibility index (Phi) is 4.83. The van der Waals surface area contributed by atoms with Crippen molar-refractivity contribution in [2.45, 2.75) is 20.4 Å². The number of hydrogen-bond acceptors (Lipinski definition) is 3. The Morgan fingerprint density at radius 1 is 1.60 bits per heavy atom. The lowest BCUT2D eigenvalue weighted by Crippen LogP contribution is -2.35. The van der Waals surface area contributed by atoms with E-state index in [4.69, 9.17) is 0 Å². The SMILES string of the molecule is CCNCC(=O)NCCn1cc(C)cn1. The van der Waals surface area contributed by atoms with Crippen LogP contribution in [0.3, 0.4) is 0 Å². The molecule has 0 aliphatic heterocycles. The number of nitrogens with zero attached hydrogens (tertiary/aromatic N) is 2. The van der Waals surface area contributed by atoms with E-state index in [0.29, 0.717) is 19.6 Å². The van der Waals surface area contributed by atoms with E-state index in [1.54, 1.807) is 6.20 Å². The number of carbonyl (C=O) groups excluding carboxylic acids is 1. The molecule has 2 N–H and O–H groups in total. The van der Waals surface area contributed by atoms with Crippen LogP contribution < -0.4 is 10.6 Å². The molecule has 1 amide bonds. The van der Waals surface area contributed by atoms with E-state index in [-0.39, 0.29) is 5.91 Å². The summed E-state index contributed by atoms with van der Waals surface area (Å²) in [5.41, 5.74) is 1.13. The molecule has 0 aliphatic carbocycles. The van der Waals surface area contributed by atoms with Crippen LogP contribution in [-0.2, 0) is 11.3 Å². The summed E-state index contributed by atoms with van der Waals surface area (Å²) >= 11 is 0. The van der Waals surface area contributed by atoms with Crippen LogP contribution in [0.2, 0.25) is 0 Å². The minimum Gasteiger partial charge on any atom is -0.353 e. The molecule has 0 saturated heterocycles. The Balaban J connectivity index is 2.13. The molecule has 0 aliphatic rings. The molecule has 15 heavy (non-hydrogen) atoms. The third kappa shape index (κ3) is 4.60. The number of aryl methyl sites for hydroxylation is 1. The molecule has 0 atom stereocenters. The topological polar surface area (TPSA) is 59.0 Å². The summed E-state index contributed by atoms with van der Waals surface area (Å²) < 4.78 is 1.82. The second-order valence-corrected chi connectivity index (χ2v) is 3.41. The standard InChI is InChI=1S/C10H18N4O/c1-3-11-7-10(15)12-4-5-14-8-9(2)6-13-14/h6,8,11H,3-5,7H2,1-2H3,(H,12,15). The smallest absolute Gasteiger partial charge is 0.234 e. The number of likely N-dealkylation sites (N-methyl/N-ethyl adjacent to an activating group) is 1. The predicted octanol–water partition coefficient (Wildman–Crippen LogP) is -0.0828. The van der Waals surface area contributed by atoms with Crippen molar-refractivity contribution in [2.24, 2.45) is 0 Å². The van der Waals surface area contributed by atoms with Gasteiger partial charge in [-0.1, -0.05) is 6.92 Å². The first-order chi connectivity index (χ1) is 7.22. The van der Waals surface area contributed by atoms with Gasteiger partial charge in [0.1, 0.15) is 0 Å². The highest BCUT2D eigenvalue weighted by molar-refractivity contribution is 5.77. The molecule has 0 fully saturated rings. The quantitative estimate of drug-likeness (QED) is 0.690. The number of rotatable bonds is 6. The molecule has 0 unspecified atom stereocenters. The van der Waals surface area contributed by atoms with Crippen LogP contribution in [0.5, 0.6) is 0 Å². The van der Waals surface area contributed by atoms with E-state index in [2.05, 4.69) is 15.7 Å². The van der Waals surface area contributed by atoms with Crippen LogP contribution in [0, 0.1) is 6.92 Å². The minimum atomic E-state index is 0.0285. The fraction of sp³-hybridized carbons (Fsp3) is 0.600. The van der Waals surface area contributed by atoms with Gasteiger partial charge in [-0.25, -0.2) is 0 Å². The maximum atomic E-state index is 11.2. The van der Waals surface area contributed by atoms with Gasteiger partial charge in [0.2, 0.25) is 5.91 Å².